The molecule has 0 fully saturated rings. The summed E-state index contributed by atoms with van der Waals surface area (Å²) < 4.78 is 6.09. The van der Waals surface area contributed by atoms with E-state index in [4.69, 9.17) is 16.3 Å². The van der Waals surface area contributed by atoms with Crippen LogP contribution in [0, 0.1) is 13.8 Å². The maximum absolute atomic E-state index is 6.09. The molecule has 1 nitrogen and oxygen atoms in total. The Bertz CT molecular complexity index is 602. The molecule has 2 heteroatoms. The molecule has 2 aromatic rings. The summed E-state index contributed by atoms with van der Waals surface area (Å²) in [6.07, 6.45) is 0. The van der Waals surface area contributed by atoms with Gasteiger partial charge in [-0.15, -0.1) is 11.6 Å². The van der Waals surface area contributed by atoms with Crippen molar-refractivity contribution in [3.8, 4) is 11.5 Å². The Balaban J connectivity index is 2.36. The van der Waals surface area contributed by atoms with E-state index >= 15 is 0 Å². The van der Waals surface area contributed by atoms with E-state index < -0.39 is 0 Å². The van der Waals surface area contributed by atoms with Crippen LogP contribution in [0.5, 0.6) is 11.5 Å². The Hall–Kier alpha value is -1.47. The second-order valence-electron chi connectivity index (χ2n) is 5.53. The SMILES string of the molecule is Cc1ccc(Oc2cc(C(C)C)ccc2C)c(CCl)c1. The van der Waals surface area contributed by atoms with Crippen molar-refractivity contribution in [2.24, 2.45) is 0 Å². The zero-order chi connectivity index (χ0) is 14.7. The number of halogens is 1. The second-order valence-corrected chi connectivity index (χ2v) is 5.79. The van der Waals surface area contributed by atoms with E-state index in [1.807, 2.05) is 12.1 Å². The molecule has 0 unspecified atom stereocenters. The van der Waals surface area contributed by atoms with Crippen LogP contribution in [0.25, 0.3) is 0 Å². The van der Waals surface area contributed by atoms with Crippen LogP contribution in [-0.4, -0.2) is 0 Å². The maximum atomic E-state index is 6.09. The van der Waals surface area contributed by atoms with Gasteiger partial charge < -0.3 is 4.74 Å². The van der Waals surface area contributed by atoms with Gasteiger partial charge in [-0.1, -0.05) is 43.7 Å². The van der Waals surface area contributed by atoms with Crippen LogP contribution in [0.3, 0.4) is 0 Å². The number of aryl methyl sites for hydroxylation is 2. The summed E-state index contributed by atoms with van der Waals surface area (Å²) in [5.74, 6) is 2.70. The molecule has 0 amide bonds. The van der Waals surface area contributed by atoms with Gasteiger partial charge in [-0.2, -0.15) is 0 Å². The smallest absolute Gasteiger partial charge is 0.131 e. The Labute approximate surface area is 126 Å². The van der Waals surface area contributed by atoms with E-state index in [1.165, 1.54) is 11.1 Å². The predicted molar refractivity (Wildman–Crippen MR) is 86.1 cm³/mol. The van der Waals surface area contributed by atoms with E-state index in [2.05, 4.69) is 52.0 Å². The highest BCUT2D eigenvalue weighted by atomic mass is 35.5. The van der Waals surface area contributed by atoms with E-state index in [0.717, 1.165) is 22.6 Å². The van der Waals surface area contributed by atoms with Gasteiger partial charge in [0.2, 0.25) is 0 Å². The molecule has 0 N–H and O–H groups in total. The molecule has 0 heterocycles. The minimum absolute atomic E-state index is 0.458. The van der Waals surface area contributed by atoms with Gasteiger partial charge in [0.15, 0.2) is 0 Å². The first-order valence-corrected chi connectivity index (χ1v) is 7.48. The van der Waals surface area contributed by atoms with Gasteiger partial charge in [-0.05, 0) is 43.0 Å². The molecule has 20 heavy (non-hydrogen) atoms. The van der Waals surface area contributed by atoms with E-state index in [9.17, 15) is 0 Å². The summed E-state index contributed by atoms with van der Waals surface area (Å²) in [5.41, 5.74) is 4.64. The fraction of sp³-hybridized carbons (Fsp3) is 0.333. The van der Waals surface area contributed by atoms with Crippen molar-refractivity contribution in [3.05, 3.63) is 58.7 Å². The predicted octanol–water partition coefficient (Wildman–Crippen LogP) is 5.96. The van der Waals surface area contributed by atoms with Gasteiger partial charge in [-0.3, -0.25) is 0 Å². The lowest BCUT2D eigenvalue weighted by Gasteiger charge is -2.14. The van der Waals surface area contributed by atoms with Crippen molar-refractivity contribution in [1.82, 2.24) is 0 Å². The van der Waals surface area contributed by atoms with Crippen LogP contribution in [0.2, 0.25) is 0 Å². The molecule has 0 saturated heterocycles. The molecule has 0 saturated carbocycles. The van der Waals surface area contributed by atoms with Gasteiger partial charge in [-0.25, -0.2) is 0 Å². The zero-order valence-corrected chi connectivity index (χ0v) is 13.3. The van der Waals surface area contributed by atoms with Crippen molar-refractivity contribution in [2.45, 2.75) is 39.5 Å². The van der Waals surface area contributed by atoms with Gasteiger partial charge >= 0.3 is 0 Å². The number of hydrogen-bond acceptors (Lipinski definition) is 1. The highest BCUT2D eigenvalue weighted by Gasteiger charge is 2.09. The number of hydrogen-bond donors (Lipinski definition) is 0. The third-order valence-corrected chi connectivity index (χ3v) is 3.75. The lowest BCUT2D eigenvalue weighted by molar-refractivity contribution is 0.473. The summed E-state index contributed by atoms with van der Waals surface area (Å²) in [4.78, 5) is 0. The fourth-order valence-electron chi connectivity index (χ4n) is 2.12. The molecular formula is C18H21ClO. The third kappa shape index (κ3) is 3.34. The average molecular weight is 289 g/mol. The molecular weight excluding hydrogens is 268 g/mol. The zero-order valence-electron chi connectivity index (χ0n) is 12.5. The van der Waals surface area contributed by atoms with Crippen LogP contribution in [-0.2, 0) is 5.88 Å². The van der Waals surface area contributed by atoms with E-state index in [1.54, 1.807) is 0 Å². The summed E-state index contributed by atoms with van der Waals surface area (Å²) in [6.45, 7) is 8.49. The Kier molecular flexibility index (Phi) is 4.72. The summed E-state index contributed by atoms with van der Waals surface area (Å²) in [6, 6.07) is 12.5. The summed E-state index contributed by atoms with van der Waals surface area (Å²) >= 11 is 6.01. The molecule has 0 radical (unpaired) electrons. The van der Waals surface area contributed by atoms with Gasteiger partial charge in [0.1, 0.15) is 11.5 Å². The van der Waals surface area contributed by atoms with Crippen molar-refractivity contribution in [3.63, 3.8) is 0 Å². The van der Waals surface area contributed by atoms with Crippen molar-refractivity contribution < 1.29 is 4.74 Å². The molecule has 0 aliphatic carbocycles. The van der Waals surface area contributed by atoms with Gasteiger partial charge in [0.05, 0.1) is 5.88 Å². The lowest BCUT2D eigenvalue weighted by atomic mass is 10.0. The van der Waals surface area contributed by atoms with Crippen LogP contribution < -0.4 is 4.74 Å². The molecule has 0 aliphatic heterocycles. The fourth-order valence-corrected chi connectivity index (χ4v) is 2.33. The molecule has 0 bridgehead atoms. The van der Waals surface area contributed by atoms with E-state index in [0.29, 0.717) is 11.8 Å². The maximum Gasteiger partial charge on any atom is 0.131 e. The van der Waals surface area contributed by atoms with Crippen LogP contribution >= 0.6 is 11.6 Å². The molecule has 106 valence electrons. The van der Waals surface area contributed by atoms with Crippen LogP contribution in [0.1, 0.15) is 42.0 Å². The number of benzene rings is 2. The Morgan fingerprint density at radius 1 is 1.00 bits per heavy atom. The van der Waals surface area contributed by atoms with Crippen LogP contribution in [0.4, 0.5) is 0 Å². The monoisotopic (exact) mass is 288 g/mol. The second kappa shape index (κ2) is 6.32. The molecule has 0 spiro atoms. The first-order valence-electron chi connectivity index (χ1n) is 6.95. The lowest BCUT2D eigenvalue weighted by Crippen LogP contribution is -1.95. The molecule has 0 aliphatic rings. The highest BCUT2D eigenvalue weighted by Crippen LogP contribution is 2.31. The van der Waals surface area contributed by atoms with Crippen molar-refractivity contribution in [1.29, 1.82) is 0 Å². The molecule has 0 atom stereocenters. The minimum Gasteiger partial charge on any atom is -0.457 e. The Morgan fingerprint density at radius 2 is 1.75 bits per heavy atom. The number of ether oxygens (including phenoxy) is 1. The summed E-state index contributed by atoms with van der Waals surface area (Å²) in [5, 5.41) is 0. The third-order valence-electron chi connectivity index (χ3n) is 3.46. The topological polar surface area (TPSA) is 9.23 Å². The number of alkyl halides is 1. The van der Waals surface area contributed by atoms with E-state index in [-0.39, 0.29) is 0 Å². The van der Waals surface area contributed by atoms with Crippen molar-refractivity contribution >= 4 is 11.6 Å². The molecule has 2 aromatic carbocycles. The van der Waals surface area contributed by atoms with Gasteiger partial charge in [0.25, 0.3) is 0 Å². The molecule has 0 aromatic heterocycles. The molecule has 2 rings (SSSR count). The standard InChI is InChI=1S/C18H21ClO/c1-12(2)15-7-6-14(4)18(10-15)20-17-8-5-13(3)9-16(17)11-19/h5-10,12H,11H2,1-4H3. The largest absolute Gasteiger partial charge is 0.457 e. The van der Waals surface area contributed by atoms with Gasteiger partial charge in [0, 0.05) is 5.56 Å². The Morgan fingerprint density at radius 3 is 2.40 bits per heavy atom. The van der Waals surface area contributed by atoms with Crippen molar-refractivity contribution in [2.75, 3.05) is 0 Å². The number of rotatable bonds is 4. The minimum atomic E-state index is 0.458. The quantitative estimate of drug-likeness (QED) is 0.631. The normalized spacial score (nSPS) is 10.9. The van der Waals surface area contributed by atoms with Crippen LogP contribution in [0.15, 0.2) is 36.4 Å². The average Bonchev–Trinajstić information content (AvgIpc) is 2.42. The highest BCUT2D eigenvalue weighted by molar-refractivity contribution is 6.17. The first-order chi connectivity index (χ1) is 9.51. The summed E-state index contributed by atoms with van der Waals surface area (Å²) in [7, 11) is 0. The first kappa shape index (κ1) is 14.9.